The molecule has 0 spiro atoms. The van der Waals surface area contributed by atoms with Gasteiger partial charge in [0, 0.05) is 19.8 Å². The lowest BCUT2D eigenvalue weighted by atomic mass is 10.0. The Labute approximate surface area is 118 Å². The molecule has 8 nitrogen and oxygen atoms in total. The van der Waals surface area contributed by atoms with E-state index in [2.05, 4.69) is 25.7 Å². The molecule has 0 aromatic carbocycles. The third-order valence-corrected chi connectivity index (χ3v) is 2.97. The predicted molar refractivity (Wildman–Crippen MR) is 75.4 cm³/mol. The van der Waals surface area contributed by atoms with Crippen molar-refractivity contribution < 1.29 is 9.47 Å². The Balaban J connectivity index is 1.98. The smallest absolute Gasteiger partial charge is 0.323 e. The second-order valence-corrected chi connectivity index (χ2v) is 5.01. The van der Waals surface area contributed by atoms with Gasteiger partial charge in [-0.25, -0.2) is 5.84 Å². The van der Waals surface area contributed by atoms with Gasteiger partial charge in [0.2, 0.25) is 11.9 Å². The Morgan fingerprint density at radius 3 is 2.60 bits per heavy atom. The van der Waals surface area contributed by atoms with Gasteiger partial charge in [-0.2, -0.15) is 15.0 Å². The fourth-order valence-corrected chi connectivity index (χ4v) is 1.95. The third kappa shape index (κ3) is 4.46. The van der Waals surface area contributed by atoms with Crippen LogP contribution in [0.15, 0.2) is 0 Å². The van der Waals surface area contributed by atoms with Crippen LogP contribution >= 0.6 is 0 Å². The standard InChI is InChI=1S/C12H22N6O2/c1-8(2)20-12-16-10(15-11(17-12)18-13)14-7-9-3-5-19-6-4-9/h8-9H,3-7,13H2,1-2H3,(H2,14,15,16,17,18). The molecule has 4 N–H and O–H groups in total. The number of nitrogen functional groups attached to an aromatic ring is 1. The maximum absolute atomic E-state index is 5.47. The maximum atomic E-state index is 5.47. The highest BCUT2D eigenvalue weighted by atomic mass is 16.5. The molecule has 0 bridgehead atoms. The van der Waals surface area contributed by atoms with E-state index in [1.807, 2.05) is 13.8 Å². The Hall–Kier alpha value is -1.67. The summed E-state index contributed by atoms with van der Waals surface area (Å²) in [6.07, 6.45) is 2.09. The van der Waals surface area contributed by atoms with E-state index in [4.69, 9.17) is 15.3 Å². The highest BCUT2D eigenvalue weighted by molar-refractivity contribution is 5.34. The van der Waals surface area contributed by atoms with Crippen molar-refractivity contribution in [1.82, 2.24) is 15.0 Å². The van der Waals surface area contributed by atoms with Crippen molar-refractivity contribution in [2.75, 3.05) is 30.5 Å². The molecule has 2 rings (SSSR count). The molecule has 1 saturated heterocycles. The molecule has 1 fully saturated rings. The third-order valence-electron chi connectivity index (χ3n) is 2.97. The fraction of sp³-hybridized carbons (Fsp3) is 0.750. The topological polar surface area (TPSA) is 107 Å². The second kappa shape index (κ2) is 7.20. The van der Waals surface area contributed by atoms with Crippen LogP contribution in [0.25, 0.3) is 0 Å². The Kier molecular flexibility index (Phi) is 5.31. The van der Waals surface area contributed by atoms with Crippen molar-refractivity contribution in [3.8, 4) is 6.01 Å². The number of nitrogens with two attached hydrogens (primary N) is 1. The van der Waals surface area contributed by atoms with E-state index in [9.17, 15) is 0 Å². The molecule has 0 unspecified atom stereocenters. The second-order valence-electron chi connectivity index (χ2n) is 5.01. The number of nitrogens with zero attached hydrogens (tertiary/aromatic N) is 3. The summed E-state index contributed by atoms with van der Waals surface area (Å²) in [7, 11) is 0. The van der Waals surface area contributed by atoms with Crippen molar-refractivity contribution in [1.29, 1.82) is 0 Å². The number of hydrazine groups is 1. The minimum atomic E-state index is -0.00799. The first-order valence-corrected chi connectivity index (χ1v) is 6.88. The van der Waals surface area contributed by atoms with Crippen molar-refractivity contribution in [2.45, 2.75) is 32.8 Å². The van der Waals surface area contributed by atoms with Crippen molar-refractivity contribution in [3.05, 3.63) is 0 Å². The number of rotatable bonds is 6. The van der Waals surface area contributed by atoms with Gasteiger partial charge >= 0.3 is 6.01 Å². The quantitative estimate of drug-likeness (QED) is 0.519. The first-order chi connectivity index (χ1) is 9.67. The van der Waals surface area contributed by atoms with Crippen LogP contribution in [0.2, 0.25) is 0 Å². The Morgan fingerprint density at radius 1 is 1.25 bits per heavy atom. The minimum absolute atomic E-state index is 0.00799. The lowest BCUT2D eigenvalue weighted by Crippen LogP contribution is -2.24. The molecule has 1 aromatic rings. The monoisotopic (exact) mass is 282 g/mol. The van der Waals surface area contributed by atoms with Gasteiger partial charge in [0.15, 0.2) is 0 Å². The first kappa shape index (κ1) is 14.7. The number of hydrogen-bond donors (Lipinski definition) is 3. The lowest BCUT2D eigenvalue weighted by molar-refractivity contribution is 0.0699. The van der Waals surface area contributed by atoms with E-state index >= 15 is 0 Å². The molecule has 1 aromatic heterocycles. The zero-order valence-electron chi connectivity index (χ0n) is 11.9. The van der Waals surface area contributed by atoms with Gasteiger partial charge in [-0.1, -0.05) is 0 Å². The number of aromatic nitrogens is 3. The molecule has 1 aliphatic rings. The molecule has 112 valence electrons. The predicted octanol–water partition coefficient (Wildman–Crippen LogP) is 0.783. The van der Waals surface area contributed by atoms with Crippen LogP contribution < -0.4 is 21.3 Å². The summed E-state index contributed by atoms with van der Waals surface area (Å²) in [5, 5.41) is 3.21. The average Bonchev–Trinajstić information content (AvgIpc) is 2.45. The highest BCUT2D eigenvalue weighted by Gasteiger charge is 2.15. The summed E-state index contributed by atoms with van der Waals surface area (Å²) in [6.45, 7) is 6.27. The number of anilines is 2. The van der Waals surface area contributed by atoms with Gasteiger partial charge < -0.3 is 14.8 Å². The summed E-state index contributed by atoms with van der Waals surface area (Å²) < 4.78 is 10.8. The summed E-state index contributed by atoms with van der Waals surface area (Å²) in [5.74, 6) is 6.68. The van der Waals surface area contributed by atoms with Crippen LogP contribution in [0, 0.1) is 5.92 Å². The van der Waals surface area contributed by atoms with Crippen LogP contribution in [-0.4, -0.2) is 40.8 Å². The summed E-state index contributed by atoms with van der Waals surface area (Å²) in [6, 6.07) is 0.262. The summed E-state index contributed by atoms with van der Waals surface area (Å²) in [5.41, 5.74) is 2.42. The van der Waals surface area contributed by atoms with Crippen molar-refractivity contribution in [3.63, 3.8) is 0 Å². The molecule has 0 amide bonds. The molecular formula is C12H22N6O2. The highest BCUT2D eigenvalue weighted by Crippen LogP contribution is 2.16. The molecule has 20 heavy (non-hydrogen) atoms. The van der Waals surface area contributed by atoms with E-state index < -0.39 is 0 Å². The fourth-order valence-electron chi connectivity index (χ4n) is 1.95. The Bertz CT molecular complexity index is 422. The average molecular weight is 282 g/mol. The van der Waals surface area contributed by atoms with E-state index in [-0.39, 0.29) is 18.1 Å². The van der Waals surface area contributed by atoms with Gasteiger partial charge in [0.25, 0.3) is 0 Å². The van der Waals surface area contributed by atoms with Gasteiger partial charge in [-0.05, 0) is 32.6 Å². The molecule has 8 heteroatoms. The van der Waals surface area contributed by atoms with Gasteiger partial charge in [-0.3, -0.25) is 5.43 Å². The Morgan fingerprint density at radius 2 is 1.95 bits per heavy atom. The summed E-state index contributed by atoms with van der Waals surface area (Å²) in [4.78, 5) is 12.4. The molecular weight excluding hydrogens is 260 g/mol. The molecule has 0 aliphatic carbocycles. The van der Waals surface area contributed by atoms with Crippen LogP contribution in [0.4, 0.5) is 11.9 Å². The zero-order valence-corrected chi connectivity index (χ0v) is 11.9. The van der Waals surface area contributed by atoms with Gasteiger partial charge in [-0.15, -0.1) is 0 Å². The number of nitrogens with one attached hydrogen (secondary N) is 2. The van der Waals surface area contributed by atoms with E-state index in [0.29, 0.717) is 11.9 Å². The molecule has 0 saturated carbocycles. The molecule has 0 atom stereocenters. The first-order valence-electron chi connectivity index (χ1n) is 6.88. The van der Waals surface area contributed by atoms with Crippen LogP contribution in [-0.2, 0) is 4.74 Å². The van der Waals surface area contributed by atoms with Crippen LogP contribution in [0.1, 0.15) is 26.7 Å². The van der Waals surface area contributed by atoms with Gasteiger partial charge in [0.1, 0.15) is 0 Å². The van der Waals surface area contributed by atoms with E-state index in [0.717, 1.165) is 32.6 Å². The van der Waals surface area contributed by atoms with Crippen molar-refractivity contribution in [2.24, 2.45) is 11.8 Å². The number of ether oxygens (including phenoxy) is 2. The molecule has 0 radical (unpaired) electrons. The SMILES string of the molecule is CC(C)Oc1nc(NN)nc(NCC2CCOCC2)n1. The lowest BCUT2D eigenvalue weighted by Gasteiger charge is -2.22. The largest absolute Gasteiger partial charge is 0.461 e. The minimum Gasteiger partial charge on any atom is -0.461 e. The maximum Gasteiger partial charge on any atom is 0.323 e. The van der Waals surface area contributed by atoms with E-state index in [1.54, 1.807) is 0 Å². The van der Waals surface area contributed by atoms with Gasteiger partial charge in [0.05, 0.1) is 6.10 Å². The molecule has 1 aliphatic heterocycles. The molecule has 2 heterocycles. The van der Waals surface area contributed by atoms with Crippen molar-refractivity contribution >= 4 is 11.9 Å². The normalized spacial score (nSPS) is 16.2. The van der Waals surface area contributed by atoms with E-state index in [1.165, 1.54) is 0 Å². The zero-order chi connectivity index (χ0) is 14.4. The van der Waals surface area contributed by atoms with Crippen LogP contribution in [0.5, 0.6) is 6.01 Å². The summed E-state index contributed by atoms with van der Waals surface area (Å²) >= 11 is 0. The number of hydrogen-bond acceptors (Lipinski definition) is 8. The van der Waals surface area contributed by atoms with Crippen LogP contribution in [0.3, 0.4) is 0 Å².